The first kappa shape index (κ1) is 12.5. The van der Waals surface area contributed by atoms with Gasteiger partial charge in [-0.15, -0.1) is 11.3 Å². The molecule has 1 aromatic heterocycles. The van der Waals surface area contributed by atoms with Crippen LogP contribution in [0, 0.1) is 12.8 Å². The van der Waals surface area contributed by atoms with Crippen LogP contribution in [-0.4, -0.2) is 24.0 Å². The molecule has 1 aromatic rings. The van der Waals surface area contributed by atoms with Crippen molar-refractivity contribution in [1.82, 2.24) is 10.3 Å². The minimum absolute atomic E-state index is 0.0953. The molecular weight excluding hydrogens is 234 g/mol. The molecule has 2 heterocycles. The lowest BCUT2D eigenvalue weighted by Gasteiger charge is -2.21. The lowest BCUT2D eigenvalue weighted by Crippen LogP contribution is -2.28. The SMILES string of the molecule is Cc1csc(NC(=O)CCC2CCNCC2)n1. The summed E-state index contributed by atoms with van der Waals surface area (Å²) >= 11 is 1.49. The van der Waals surface area contributed by atoms with E-state index in [-0.39, 0.29) is 5.91 Å². The van der Waals surface area contributed by atoms with Crippen LogP contribution in [0.3, 0.4) is 0 Å². The molecule has 2 rings (SSSR count). The predicted molar refractivity (Wildman–Crippen MR) is 70.3 cm³/mol. The third-order valence-electron chi connectivity index (χ3n) is 3.10. The summed E-state index contributed by atoms with van der Waals surface area (Å²) in [7, 11) is 0. The van der Waals surface area contributed by atoms with Crippen molar-refractivity contribution in [2.24, 2.45) is 5.92 Å². The molecule has 0 radical (unpaired) electrons. The van der Waals surface area contributed by atoms with Crippen LogP contribution in [0.2, 0.25) is 0 Å². The van der Waals surface area contributed by atoms with Crippen LogP contribution in [-0.2, 0) is 4.79 Å². The number of amides is 1. The van der Waals surface area contributed by atoms with Gasteiger partial charge in [-0.1, -0.05) is 0 Å². The highest BCUT2D eigenvalue weighted by Crippen LogP contribution is 2.19. The molecule has 0 atom stereocenters. The molecule has 4 nitrogen and oxygen atoms in total. The van der Waals surface area contributed by atoms with E-state index < -0.39 is 0 Å². The van der Waals surface area contributed by atoms with Gasteiger partial charge in [0.15, 0.2) is 5.13 Å². The predicted octanol–water partition coefficient (Wildman–Crippen LogP) is 2.17. The van der Waals surface area contributed by atoms with E-state index in [4.69, 9.17) is 0 Å². The molecule has 1 saturated heterocycles. The average molecular weight is 253 g/mol. The van der Waals surface area contributed by atoms with E-state index >= 15 is 0 Å². The van der Waals surface area contributed by atoms with Crippen molar-refractivity contribution in [2.45, 2.75) is 32.6 Å². The minimum atomic E-state index is 0.0953. The van der Waals surface area contributed by atoms with Crippen LogP contribution in [0.25, 0.3) is 0 Å². The first-order chi connectivity index (χ1) is 8.24. The molecule has 0 bridgehead atoms. The van der Waals surface area contributed by atoms with Crippen LogP contribution in [0.4, 0.5) is 5.13 Å². The molecule has 1 aliphatic heterocycles. The highest BCUT2D eigenvalue weighted by molar-refractivity contribution is 7.13. The molecule has 0 spiro atoms. The topological polar surface area (TPSA) is 54.0 Å². The quantitative estimate of drug-likeness (QED) is 0.864. The second kappa shape index (κ2) is 6.12. The fourth-order valence-electron chi connectivity index (χ4n) is 2.10. The van der Waals surface area contributed by atoms with Gasteiger partial charge in [0.25, 0.3) is 0 Å². The van der Waals surface area contributed by atoms with Crippen LogP contribution in [0.1, 0.15) is 31.4 Å². The molecule has 17 heavy (non-hydrogen) atoms. The summed E-state index contributed by atoms with van der Waals surface area (Å²) in [4.78, 5) is 15.9. The van der Waals surface area contributed by atoms with Gasteiger partial charge in [-0.3, -0.25) is 4.79 Å². The van der Waals surface area contributed by atoms with E-state index in [2.05, 4.69) is 15.6 Å². The molecular formula is C12H19N3OS. The summed E-state index contributed by atoms with van der Waals surface area (Å²) in [6.07, 6.45) is 4.01. The van der Waals surface area contributed by atoms with Crippen LogP contribution >= 0.6 is 11.3 Å². The summed E-state index contributed by atoms with van der Waals surface area (Å²) in [5, 5.41) is 8.86. The van der Waals surface area contributed by atoms with Gasteiger partial charge in [0.2, 0.25) is 5.91 Å². The summed E-state index contributed by atoms with van der Waals surface area (Å²) in [5.41, 5.74) is 0.962. The first-order valence-corrected chi connectivity index (χ1v) is 7.04. The number of piperidine rings is 1. The lowest BCUT2D eigenvalue weighted by atomic mass is 9.93. The van der Waals surface area contributed by atoms with Gasteiger partial charge in [-0.2, -0.15) is 0 Å². The Labute approximate surface area is 106 Å². The standard InChI is InChI=1S/C12H19N3OS/c1-9-8-17-12(14-9)15-11(16)3-2-10-4-6-13-7-5-10/h8,10,13H,2-7H2,1H3,(H,14,15,16). The van der Waals surface area contributed by atoms with Crippen LogP contribution in [0.15, 0.2) is 5.38 Å². The number of hydrogen-bond donors (Lipinski definition) is 2. The second-order valence-corrected chi connectivity index (χ2v) is 5.43. The normalized spacial score (nSPS) is 17.0. The second-order valence-electron chi connectivity index (χ2n) is 4.57. The number of thiazole rings is 1. The third-order valence-corrected chi connectivity index (χ3v) is 3.98. The molecule has 5 heteroatoms. The van der Waals surface area contributed by atoms with Gasteiger partial charge < -0.3 is 10.6 Å². The molecule has 0 aliphatic carbocycles. The average Bonchev–Trinajstić information content (AvgIpc) is 2.73. The molecule has 0 unspecified atom stereocenters. The van der Waals surface area contributed by atoms with Crippen LogP contribution in [0.5, 0.6) is 0 Å². The molecule has 0 aromatic carbocycles. The fourth-order valence-corrected chi connectivity index (χ4v) is 2.80. The third kappa shape index (κ3) is 4.09. The van der Waals surface area contributed by atoms with E-state index in [1.165, 1.54) is 24.2 Å². The minimum Gasteiger partial charge on any atom is -0.317 e. The maximum atomic E-state index is 11.7. The number of nitrogens with zero attached hydrogens (tertiary/aromatic N) is 1. The Morgan fingerprint density at radius 2 is 2.35 bits per heavy atom. The van der Waals surface area contributed by atoms with Crippen molar-refractivity contribution in [2.75, 3.05) is 18.4 Å². The highest BCUT2D eigenvalue weighted by atomic mass is 32.1. The summed E-state index contributed by atoms with van der Waals surface area (Å²) in [6.45, 7) is 4.12. The van der Waals surface area contributed by atoms with Crippen molar-refractivity contribution >= 4 is 22.4 Å². The van der Waals surface area contributed by atoms with Gasteiger partial charge in [-0.25, -0.2) is 4.98 Å². The van der Waals surface area contributed by atoms with E-state index in [9.17, 15) is 4.79 Å². The largest absolute Gasteiger partial charge is 0.317 e. The Hall–Kier alpha value is -0.940. The fraction of sp³-hybridized carbons (Fsp3) is 0.667. The van der Waals surface area contributed by atoms with Crippen molar-refractivity contribution in [1.29, 1.82) is 0 Å². The molecule has 2 N–H and O–H groups in total. The zero-order valence-corrected chi connectivity index (χ0v) is 11.0. The van der Waals surface area contributed by atoms with E-state index in [1.807, 2.05) is 12.3 Å². The number of rotatable bonds is 4. The number of carbonyl (C=O) groups is 1. The van der Waals surface area contributed by atoms with E-state index in [1.54, 1.807) is 0 Å². The summed E-state index contributed by atoms with van der Waals surface area (Å²) in [6, 6.07) is 0. The Morgan fingerprint density at radius 1 is 1.59 bits per heavy atom. The number of nitrogens with one attached hydrogen (secondary N) is 2. The van der Waals surface area contributed by atoms with Crippen LogP contribution < -0.4 is 10.6 Å². The number of aromatic nitrogens is 1. The Balaban J connectivity index is 1.70. The number of hydrogen-bond acceptors (Lipinski definition) is 4. The summed E-state index contributed by atoms with van der Waals surface area (Å²) < 4.78 is 0. The Kier molecular flexibility index (Phi) is 4.50. The maximum Gasteiger partial charge on any atom is 0.226 e. The Morgan fingerprint density at radius 3 is 3.00 bits per heavy atom. The van der Waals surface area contributed by atoms with Gasteiger partial charge in [-0.05, 0) is 45.2 Å². The smallest absolute Gasteiger partial charge is 0.226 e. The van der Waals surface area contributed by atoms with Gasteiger partial charge in [0.1, 0.15) is 0 Å². The molecule has 1 fully saturated rings. The zero-order chi connectivity index (χ0) is 12.1. The molecule has 1 aliphatic rings. The van der Waals surface area contributed by atoms with Crippen molar-refractivity contribution < 1.29 is 4.79 Å². The number of aryl methyl sites for hydroxylation is 1. The number of carbonyl (C=O) groups excluding carboxylic acids is 1. The maximum absolute atomic E-state index is 11.7. The van der Waals surface area contributed by atoms with Gasteiger partial charge >= 0.3 is 0 Å². The van der Waals surface area contributed by atoms with Gasteiger partial charge in [0, 0.05) is 11.8 Å². The van der Waals surface area contributed by atoms with Crippen molar-refractivity contribution in [3.63, 3.8) is 0 Å². The zero-order valence-electron chi connectivity index (χ0n) is 10.2. The molecule has 1 amide bonds. The van der Waals surface area contributed by atoms with Crippen molar-refractivity contribution in [3.8, 4) is 0 Å². The first-order valence-electron chi connectivity index (χ1n) is 6.17. The molecule has 0 saturated carbocycles. The highest BCUT2D eigenvalue weighted by Gasteiger charge is 2.14. The lowest BCUT2D eigenvalue weighted by molar-refractivity contribution is -0.116. The van der Waals surface area contributed by atoms with E-state index in [0.29, 0.717) is 12.3 Å². The summed E-state index contributed by atoms with van der Waals surface area (Å²) in [5.74, 6) is 0.804. The van der Waals surface area contributed by atoms with Gasteiger partial charge in [0.05, 0.1) is 5.69 Å². The monoisotopic (exact) mass is 253 g/mol. The van der Waals surface area contributed by atoms with Crippen molar-refractivity contribution in [3.05, 3.63) is 11.1 Å². The molecule has 94 valence electrons. The Bertz CT molecular complexity index is 372. The van der Waals surface area contributed by atoms with E-state index in [0.717, 1.165) is 30.3 Å². The number of anilines is 1.